The molecule has 0 radical (unpaired) electrons. The maximum Gasteiger partial charge on any atom is 0.193 e. The molecule has 6 heteroatoms. The molecular weight excluding hydrogens is 401 g/mol. The first-order valence-corrected chi connectivity index (χ1v) is 8.29. The number of benzene rings is 1. The number of halogens is 1. The first-order chi connectivity index (χ1) is 10.8. The molecule has 1 N–H and O–H groups in total. The molecule has 0 spiro atoms. The van der Waals surface area contributed by atoms with E-state index in [1.165, 1.54) is 5.56 Å². The molecule has 3 rings (SSSR count). The van der Waals surface area contributed by atoms with Crippen LogP contribution in [0, 0.1) is 0 Å². The van der Waals surface area contributed by atoms with Crippen LogP contribution >= 0.6 is 24.0 Å². The van der Waals surface area contributed by atoms with Crippen molar-refractivity contribution in [3.05, 3.63) is 35.9 Å². The van der Waals surface area contributed by atoms with Crippen molar-refractivity contribution in [2.24, 2.45) is 4.99 Å². The SMILES string of the molecule is CN1CCN=C1NCCN1CCN(Cc2ccccc2)CC1.I. The van der Waals surface area contributed by atoms with Crippen molar-refractivity contribution < 1.29 is 0 Å². The molecule has 23 heavy (non-hydrogen) atoms. The summed E-state index contributed by atoms with van der Waals surface area (Å²) in [5.74, 6) is 1.06. The third kappa shape index (κ3) is 5.61. The van der Waals surface area contributed by atoms with Gasteiger partial charge in [0.2, 0.25) is 0 Å². The van der Waals surface area contributed by atoms with Crippen LogP contribution in [0.2, 0.25) is 0 Å². The zero-order valence-corrected chi connectivity index (χ0v) is 16.3. The van der Waals surface area contributed by atoms with E-state index in [1.807, 2.05) is 0 Å². The lowest BCUT2D eigenvalue weighted by atomic mass is 10.2. The molecule has 128 valence electrons. The second-order valence-corrected chi connectivity index (χ2v) is 6.16. The van der Waals surface area contributed by atoms with Crippen molar-refractivity contribution in [3.63, 3.8) is 0 Å². The molecule has 2 aliphatic heterocycles. The molecule has 1 aromatic carbocycles. The van der Waals surface area contributed by atoms with Gasteiger partial charge >= 0.3 is 0 Å². The highest BCUT2D eigenvalue weighted by atomic mass is 127. The van der Waals surface area contributed by atoms with Gasteiger partial charge in [-0.05, 0) is 5.56 Å². The Hall–Kier alpha value is -0.860. The molecular formula is C17H28IN5. The van der Waals surface area contributed by atoms with Crippen LogP contribution in [0.5, 0.6) is 0 Å². The van der Waals surface area contributed by atoms with Gasteiger partial charge in [-0.3, -0.25) is 14.8 Å². The first kappa shape index (κ1) is 18.5. The highest BCUT2D eigenvalue weighted by Gasteiger charge is 2.17. The van der Waals surface area contributed by atoms with E-state index in [0.29, 0.717) is 0 Å². The molecule has 0 bridgehead atoms. The number of rotatable bonds is 5. The summed E-state index contributed by atoms with van der Waals surface area (Å²) in [7, 11) is 2.10. The Morgan fingerprint density at radius 2 is 1.70 bits per heavy atom. The van der Waals surface area contributed by atoms with Crippen LogP contribution in [-0.2, 0) is 6.54 Å². The number of guanidine groups is 1. The summed E-state index contributed by atoms with van der Waals surface area (Å²) in [4.78, 5) is 11.8. The largest absolute Gasteiger partial charge is 0.355 e. The smallest absolute Gasteiger partial charge is 0.193 e. The predicted octanol–water partition coefficient (Wildman–Crippen LogP) is 1.31. The molecule has 1 fully saturated rings. The van der Waals surface area contributed by atoms with Crippen LogP contribution in [0.3, 0.4) is 0 Å². The minimum absolute atomic E-state index is 0. The van der Waals surface area contributed by atoms with Gasteiger partial charge in [0.15, 0.2) is 5.96 Å². The normalized spacial score (nSPS) is 19.3. The van der Waals surface area contributed by atoms with Crippen molar-refractivity contribution in [3.8, 4) is 0 Å². The van der Waals surface area contributed by atoms with E-state index in [1.54, 1.807) is 0 Å². The molecule has 5 nitrogen and oxygen atoms in total. The number of likely N-dealkylation sites (N-methyl/N-ethyl adjacent to an activating group) is 1. The monoisotopic (exact) mass is 429 g/mol. The minimum Gasteiger partial charge on any atom is -0.355 e. The number of hydrogen-bond donors (Lipinski definition) is 1. The maximum absolute atomic E-state index is 4.46. The van der Waals surface area contributed by atoms with E-state index in [-0.39, 0.29) is 24.0 Å². The number of piperazine rings is 1. The number of hydrogen-bond acceptors (Lipinski definition) is 5. The lowest BCUT2D eigenvalue weighted by Gasteiger charge is -2.34. The zero-order valence-electron chi connectivity index (χ0n) is 13.9. The van der Waals surface area contributed by atoms with Crippen molar-refractivity contribution in [2.75, 3.05) is 59.4 Å². The fourth-order valence-electron chi connectivity index (χ4n) is 3.06. The number of nitrogens with one attached hydrogen (secondary N) is 1. The molecule has 2 aliphatic rings. The number of aliphatic imine (C=N–C) groups is 1. The highest BCUT2D eigenvalue weighted by molar-refractivity contribution is 14.0. The van der Waals surface area contributed by atoms with E-state index in [0.717, 1.165) is 64.9 Å². The fraction of sp³-hybridized carbons (Fsp3) is 0.588. The Bertz CT molecular complexity index is 485. The Labute approximate surface area is 156 Å². The Balaban J connectivity index is 0.00000192. The fourth-order valence-corrected chi connectivity index (χ4v) is 3.06. The first-order valence-electron chi connectivity index (χ1n) is 8.29. The summed E-state index contributed by atoms with van der Waals surface area (Å²) in [5.41, 5.74) is 1.42. The highest BCUT2D eigenvalue weighted by Crippen LogP contribution is 2.08. The quantitative estimate of drug-likeness (QED) is 0.717. The van der Waals surface area contributed by atoms with Crippen LogP contribution < -0.4 is 5.32 Å². The molecule has 0 saturated carbocycles. The lowest BCUT2D eigenvalue weighted by molar-refractivity contribution is 0.128. The third-order valence-electron chi connectivity index (χ3n) is 4.48. The van der Waals surface area contributed by atoms with Gasteiger partial charge in [0.1, 0.15) is 0 Å². The molecule has 0 amide bonds. The summed E-state index contributed by atoms with van der Waals surface area (Å²) in [6.07, 6.45) is 0. The summed E-state index contributed by atoms with van der Waals surface area (Å²) >= 11 is 0. The van der Waals surface area contributed by atoms with Gasteiger partial charge in [-0.15, -0.1) is 24.0 Å². The topological polar surface area (TPSA) is 34.1 Å². The van der Waals surface area contributed by atoms with E-state index in [4.69, 9.17) is 0 Å². The molecule has 1 saturated heterocycles. The van der Waals surface area contributed by atoms with E-state index in [2.05, 4.69) is 62.4 Å². The molecule has 0 unspecified atom stereocenters. The molecule has 1 aromatic rings. The average Bonchev–Trinajstić information content (AvgIpc) is 2.95. The second-order valence-electron chi connectivity index (χ2n) is 6.16. The van der Waals surface area contributed by atoms with Gasteiger partial charge in [-0.2, -0.15) is 0 Å². The van der Waals surface area contributed by atoms with Gasteiger partial charge in [0.25, 0.3) is 0 Å². The lowest BCUT2D eigenvalue weighted by Crippen LogP contribution is -2.48. The van der Waals surface area contributed by atoms with E-state index >= 15 is 0 Å². The maximum atomic E-state index is 4.46. The van der Waals surface area contributed by atoms with Crippen molar-refractivity contribution in [2.45, 2.75) is 6.54 Å². The summed E-state index contributed by atoms with van der Waals surface area (Å²) in [5, 5.41) is 3.45. The number of nitrogens with zero attached hydrogens (tertiary/aromatic N) is 4. The molecule has 0 atom stereocenters. The van der Waals surface area contributed by atoms with Crippen LogP contribution in [0.1, 0.15) is 5.56 Å². The Morgan fingerprint density at radius 1 is 1.00 bits per heavy atom. The van der Waals surface area contributed by atoms with Crippen LogP contribution in [0.15, 0.2) is 35.3 Å². The van der Waals surface area contributed by atoms with Gasteiger partial charge < -0.3 is 10.2 Å². The zero-order chi connectivity index (χ0) is 15.2. The molecule has 0 aromatic heterocycles. The Morgan fingerprint density at radius 3 is 2.35 bits per heavy atom. The van der Waals surface area contributed by atoms with Crippen LogP contribution in [-0.4, -0.2) is 80.1 Å². The van der Waals surface area contributed by atoms with Gasteiger partial charge in [0, 0.05) is 59.4 Å². The average molecular weight is 429 g/mol. The van der Waals surface area contributed by atoms with E-state index < -0.39 is 0 Å². The predicted molar refractivity (Wildman–Crippen MR) is 107 cm³/mol. The van der Waals surface area contributed by atoms with Gasteiger partial charge in [-0.1, -0.05) is 30.3 Å². The van der Waals surface area contributed by atoms with Crippen LogP contribution in [0.4, 0.5) is 0 Å². The summed E-state index contributed by atoms with van der Waals surface area (Å²) in [6, 6.07) is 10.8. The third-order valence-corrected chi connectivity index (χ3v) is 4.48. The van der Waals surface area contributed by atoms with Crippen molar-refractivity contribution in [1.29, 1.82) is 0 Å². The van der Waals surface area contributed by atoms with Crippen LogP contribution in [0.25, 0.3) is 0 Å². The molecule has 0 aliphatic carbocycles. The van der Waals surface area contributed by atoms with E-state index in [9.17, 15) is 0 Å². The summed E-state index contributed by atoms with van der Waals surface area (Å²) < 4.78 is 0. The van der Waals surface area contributed by atoms with Gasteiger partial charge in [-0.25, -0.2) is 0 Å². The van der Waals surface area contributed by atoms with Gasteiger partial charge in [0.05, 0.1) is 6.54 Å². The summed E-state index contributed by atoms with van der Waals surface area (Å²) in [6.45, 7) is 9.79. The molecule has 2 heterocycles. The second kappa shape index (κ2) is 9.44. The van der Waals surface area contributed by atoms with Crippen molar-refractivity contribution >= 4 is 29.9 Å². The standard InChI is InChI=1S/C17H27N5.HI/c1-20-9-7-18-17(20)19-8-10-21-11-13-22(14-12-21)15-16-5-3-2-4-6-16;/h2-6H,7-15H2,1H3,(H,18,19);1H. The Kier molecular flexibility index (Phi) is 7.58. The van der Waals surface area contributed by atoms with Crippen molar-refractivity contribution in [1.82, 2.24) is 20.0 Å². The minimum atomic E-state index is 0.